The van der Waals surface area contributed by atoms with Gasteiger partial charge in [0.25, 0.3) is 0 Å². The summed E-state index contributed by atoms with van der Waals surface area (Å²) < 4.78 is 1.76. The van der Waals surface area contributed by atoms with Crippen molar-refractivity contribution in [1.82, 2.24) is 30.0 Å². The van der Waals surface area contributed by atoms with Crippen LogP contribution in [0.25, 0.3) is 11.1 Å². The lowest BCUT2D eigenvalue weighted by Gasteiger charge is -2.33. The van der Waals surface area contributed by atoms with Crippen LogP contribution in [0.1, 0.15) is 57.0 Å². The van der Waals surface area contributed by atoms with Gasteiger partial charge in [-0.15, -0.1) is 0 Å². The van der Waals surface area contributed by atoms with E-state index in [2.05, 4.69) is 39.1 Å². The van der Waals surface area contributed by atoms with Crippen LogP contribution >= 0.6 is 0 Å². The maximum Gasteiger partial charge on any atom is 0.244 e. The van der Waals surface area contributed by atoms with Crippen molar-refractivity contribution < 1.29 is 4.79 Å². The summed E-state index contributed by atoms with van der Waals surface area (Å²) in [6.45, 7) is 9.78. The number of amides is 1. The molecule has 4 heterocycles. The zero-order chi connectivity index (χ0) is 22.7. The molecule has 1 N–H and O–H groups in total. The first-order valence-electron chi connectivity index (χ1n) is 11.3. The van der Waals surface area contributed by atoms with E-state index < -0.39 is 0 Å². The molecule has 1 amide bonds. The Labute approximate surface area is 189 Å². The third-order valence-electron chi connectivity index (χ3n) is 6.08. The number of nitrogens with zero attached hydrogens (tertiary/aromatic N) is 6. The fraction of sp³-hybridized carbons (Fsp3) is 0.458. The lowest BCUT2D eigenvalue weighted by atomic mass is 10.00. The monoisotopic (exact) mass is 433 g/mol. The summed E-state index contributed by atoms with van der Waals surface area (Å²) >= 11 is 0. The molecular weight excluding hydrogens is 402 g/mol. The van der Waals surface area contributed by atoms with Crippen LogP contribution in [0.15, 0.2) is 43.0 Å². The first kappa shape index (κ1) is 21.9. The van der Waals surface area contributed by atoms with Crippen molar-refractivity contribution in [3.8, 4) is 11.1 Å². The number of nitrogens with one attached hydrogen (secondary N) is 1. The molecule has 1 unspecified atom stereocenters. The highest BCUT2D eigenvalue weighted by molar-refractivity contribution is 5.80. The zero-order valence-electron chi connectivity index (χ0n) is 19.2. The van der Waals surface area contributed by atoms with E-state index in [1.54, 1.807) is 23.3 Å². The molecule has 168 valence electrons. The van der Waals surface area contributed by atoms with Crippen LogP contribution < -0.4 is 10.2 Å². The first-order chi connectivity index (χ1) is 15.4. The van der Waals surface area contributed by atoms with E-state index in [0.29, 0.717) is 0 Å². The number of hydrogen-bond donors (Lipinski definition) is 1. The SMILES string of the molecule is Cc1ccnn1C(C)C(=O)NC1CCN(c2ncc(-c3ccncc3)c(C(C)C)n2)CC1. The number of anilines is 1. The van der Waals surface area contributed by atoms with Gasteiger partial charge >= 0.3 is 0 Å². The van der Waals surface area contributed by atoms with Gasteiger partial charge in [0.05, 0.1) is 5.69 Å². The highest BCUT2D eigenvalue weighted by atomic mass is 16.2. The Bertz CT molecular complexity index is 1060. The summed E-state index contributed by atoms with van der Waals surface area (Å²) in [5.74, 6) is 1.05. The van der Waals surface area contributed by atoms with Crippen LogP contribution in [0.5, 0.6) is 0 Å². The van der Waals surface area contributed by atoms with Gasteiger partial charge in [-0.05, 0) is 56.4 Å². The van der Waals surface area contributed by atoms with E-state index in [-0.39, 0.29) is 23.9 Å². The normalized spacial score (nSPS) is 15.7. The van der Waals surface area contributed by atoms with Crippen molar-refractivity contribution in [3.63, 3.8) is 0 Å². The molecular formula is C24H31N7O. The second-order valence-electron chi connectivity index (χ2n) is 8.72. The van der Waals surface area contributed by atoms with Crippen molar-refractivity contribution in [1.29, 1.82) is 0 Å². The minimum atomic E-state index is -0.319. The quantitative estimate of drug-likeness (QED) is 0.640. The standard InChI is InChI=1S/C24H31N7O/c1-16(2)22-21(19-6-10-25-11-7-19)15-26-24(29-22)30-13-8-20(9-14-30)28-23(32)18(4)31-17(3)5-12-27-31/h5-7,10-12,15-16,18,20H,8-9,13-14H2,1-4H3,(H,28,32). The predicted molar refractivity (Wildman–Crippen MR) is 124 cm³/mol. The van der Waals surface area contributed by atoms with Crippen LogP contribution in [0.3, 0.4) is 0 Å². The minimum absolute atomic E-state index is 0.00954. The van der Waals surface area contributed by atoms with E-state index in [0.717, 1.165) is 54.4 Å². The number of pyridine rings is 1. The van der Waals surface area contributed by atoms with Crippen molar-refractivity contribution in [3.05, 3.63) is 54.4 Å². The number of carbonyl (C=O) groups excluding carboxylic acids is 1. The van der Waals surface area contributed by atoms with Crippen molar-refractivity contribution in [2.45, 2.75) is 58.5 Å². The number of aromatic nitrogens is 5. The molecule has 0 bridgehead atoms. The largest absolute Gasteiger partial charge is 0.351 e. The Morgan fingerprint density at radius 2 is 1.81 bits per heavy atom. The second-order valence-corrected chi connectivity index (χ2v) is 8.72. The molecule has 0 radical (unpaired) electrons. The molecule has 3 aromatic rings. The third kappa shape index (κ3) is 4.64. The topological polar surface area (TPSA) is 88.8 Å². The molecule has 3 aromatic heterocycles. The predicted octanol–water partition coefficient (Wildman–Crippen LogP) is 3.51. The molecule has 4 rings (SSSR count). The van der Waals surface area contributed by atoms with Gasteiger partial charge in [-0.3, -0.25) is 14.5 Å². The smallest absolute Gasteiger partial charge is 0.244 e. The highest BCUT2D eigenvalue weighted by Gasteiger charge is 2.26. The maximum absolute atomic E-state index is 12.7. The maximum atomic E-state index is 12.7. The summed E-state index contributed by atoms with van der Waals surface area (Å²) in [7, 11) is 0. The van der Waals surface area contributed by atoms with Crippen LogP contribution in [0.2, 0.25) is 0 Å². The lowest BCUT2D eigenvalue weighted by Crippen LogP contribution is -2.47. The average Bonchev–Trinajstić information content (AvgIpc) is 3.25. The summed E-state index contributed by atoms with van der Waals surface area (Å²) in [5, 5.41) is 7.45. The number of hydrogen-bond acceptors (Lipinski definition) is 6. The molecule has 1 saturated heterocycles. The van der Waals surface area contributed by atoms with Crippen LogP contribution in [0.4, 0.5) is 5.95 Å². The average molecular weight is 434 g/mol. The van der Waals surface area contributed by atoms with Crippen molar-refractivity contribution in [2.24, 2.45) is 0 Å². The number of aryl methyl sites for hydroxylation is 1. The molecule has 8 nitrogen and oxygen atoms in total. The minimum Gasteiger partial charge on any atom is -0.351 e. The van der Waals surface area contributed by atoms with Gasteiger partial charge in [0.2, 0.25) is 11.9 Å². The van der Waals surface area contributed by atoms with Crippen LogP contribution in [0, 0.1) is 6.92 Å². The number of piperidine rings is 1. The Morgan fingerprint density at radius 3 is 2.44 bits per heavy atom. The molecule has 1 fully saturated rings. The summed E-state index contributed by atoms with van der Waals surface area (Å²) in [6.07, 6.45) is 8.96. The lowest BCUT2D eigenvalue weighted by molar-refractivity contribution is -0.125. The zero-order valence-corrected chi connectivity index (χ0v) is 19.2. The Balaban J connectivity index is 1.40. The van der Waals surface area contributed by atoms with E-state index in [9.17, 15) is 4.79 Å². The molecule has 0 aromatic carbocycles. The fourth-order valence-electron chi connectivity index (χ4n) is 4.17. The van der Waals surface area contributed by atoms with E-state index in [4.69, 9.17) is 4.98 Å². The molecule has 1 aliphatic heterocycles. The molecule has 32 heavy (non-hydrogen) atoms. The van der Waals surface area contributed by atoms with Gasteiger partial charge in [-0.25, -0.2) is 9.97 Å². The van der Waals surface area contributed by atoms with Crippen LogP contribution in [-0.4, -0.2) is 49.8 Å². The van der Waals surface area contributed by atoms with E-state index in [1.807, 2.05) is 38.2 Å². The Kier molecular flexibility index (Phi) is 6.48. The van der Waals surface area contributed by atoms with Crippen molar-refractivity contribution >= 4 is 11.9 Å². The third-order valence-corrected chi connectivity index (χ3v) is 6.08. The molecule has 0 saturated carbocycles. The van der Waals surface area contributed by atoms with Gasteiger partial charge in [-0.1, -0.05) is 13.8 Å². The van der Waals surface area contributed by atoms with Gasteiger partial charge in [-0.2, -0.15) is 5.10 Å². The van der Waals surface area contributed by atoms with Crippen molar-refractivity contribution in [2.75, 3.05) is 18.0 Å². The van der Waals surface area contributed by atoms with Crippen LogP contribution in [-0.2, 0) is 4.79 Å². The summed E-state index contributed by atoms with van der Waals surface area (Å²) in [5.41, 5.74) is 4.16. The van der Waals surface area contributed by atoms with E-state index in [1.165, 1.54) is 0 Å². The second kappa shape index (κ2) is 9.46. The summed E-state index contributed by atoms with van der Waals surface area (Å²) in [4.78, 5) is 28.6. The first-order valence-corrected chi connectivity index (χ1v) is 11.3. The highest BCUT2D eigenvalue weighted by Crippen LogP contribution is 2.29. The molecule has 8 heteroatoms. The molecule has 1 atom stereocenters. The van der Waals surface area contributed by atoms with E-state index >= 15 is 0 Å². The Morgan fingerprint density at radius 1 is 1.09 bits per heavy atom. The number of rotatable bonds is 6. The van der Waals surface area contributed by atoms with Gasteiger partial charge in [0.1, 0.15) is 6.04 Å². The molecule has 0 spiro atoms. The van der Waals surface area contributed by atoms with Gasteiger partial charge in [0.15, 0.2) is 0 Å². The molecule has 0 aliphatic carbocycles. The molecule has 1 aliphatic rings. The summed E-state index contributed by atoms with van der Waals surface area (Å²) in [6, 6.07) is 5.72. The Hall–Kier alpha value is -3.29. The van der Waals surface area contributed by atoms with Gasteiger partial charge < -0.3 is 10.2 Å². The number of carbonyl (C=O) groups is 1. The van der Waals surface area contributed by atoms with Gasteiger partial charge in [0, 0.05) is 55.2 Å². The fourth-order valence-corrected chi connectivity index (χ4v) is 4.17.